The van der Waals surface area contributed by atoms with Crippen LogP contribution in [0, 0.1) is 0 Å². The van der Waals surface area contributed by atoms with Gasteiger partial charge in [-0.25, -0.2) is 0 Å². The molecule has 0 aromatic carbocycles. The van der Waals surface area contributed by atoms with Crippen LogP contribution < -0.4 is 0 Å². The summed E-state index contributed by atoms with van der Waals surface area (Å²) >= 11 is 0. The molecule has 0 rings (SSSR count). The zero-order valence-corrected chi connectivity index (χ0v) is 17.1. The molecule has 0 spiro atoms. The molecular weight excluding hydrogens is 298 g/mol. The van der Waals surface area contributed by atoms with E-state index in [0.717, 1.165) is 12.8 Å². The molecule has 1 N–H and O–H groups in total. The smallest absolute Gasteiger partial charge is 0.303 e. The first kappa shape index (κ1) is 25.7. The van der Waals surface area contributed by atoms with Gasteiger partial charge in [-0.15, -0.1) is 0 Å². The average Bonchev–Trinajstić information content (AvgIpc) is 2.54. The first-order valence-corrected chi connectivity index (χ1v) is 10.6. The summed E-state index contributed by atoms with van der Waals surface area (Å²) in [4.78, 5) is 12.7. The maximum absolute atomic E-state index is 10.2. The van der Waals surface area contributed by atoms with Crippen molar-refractivity contribution in [3.63, 3.8) is 0 Å². The van der Waals surface area contributed by atoms with Crippen molar-refractivity contribution in [2.24, 2.45) is 0 Å². The van der Waals surface area contributed by atoms with Crippen molar-refractivity contribution >= 4 is 5.97 Å². The van der Waals surface area contributed by atoms with Crippen LogP contribution in [0.3, 0.4) is 0 Å². The van der Waals surface area contributed by atoms with E-state index >= 15 is 0 Å². The Bertz CT molecular complexity index is 230. The zero-order valence-electron chi connectivity index (χ0n) is 17.1. The van der Waals surface area contributed by atoms with Gasteiger partial charge in [0.2, 0.25) is 0 Å². The van der Waals surface area contributed by atoms with Gasteiger partial charge in [0.1, 0.15) is 0 Å². The lowest BCUT2D eigenvalue weighted by molar-refractivity contribution is -0.137. The van der Waals surface area contributed by atoms with E-state index in [9.17, 15) is 4.79 Å². The molecule has 146 valence electrons. The standard InChI is InChI=1S/C12H24O2.C9H21N/c1-2-3-4-5-6-7-8-9-10-11-12(13)14;1-4-7-10(8-5-2)9-6-3/h2-11H2,1H3,(H,13,14);4-9H2,1-3H3. The Morgan fingerprint density at radius 1 is 0.625 bits per heavy atom. The number of hydrogen-bond donors (Lipinski definition) is 1. The molecule has 0 aliphatic heterocycles. The molecule has 0 amide bonds. The van der Waals surface area contributed by atoms with E-state index in [-0.39, 0.29) is 0 Å². The highest BCUT2D eigenvalue weighted by Gasteiger charge is 1.98. The molecule has 24 heavy (non-hydrogen) atoms. The van der Waals surface area contributed by atoms with Crippen molar-refractivity contribution in [3.8, 4) is 0 Å². The quantitative estimate of drug-likeness (QED) is 0.325. The summed E-state index contributed by atoms with van der Waals surface area (Å²) in [5.74, 6) is -0.659. The largest absolute Gasteiger partial charge is 0.481 e. The fraction of sp³-hybridized carbons (Fsp3) is 0.952. The van der Waals surface area contributed by atoms with Crippen LogP contribution in [0.4, 0.5) is 0 Å². The van der Waals surface area contributed by atoms with Gasteiger partial charge in [-0.3, -0.25) is 4.79 Å². The lowest BCUT2D eigenvalue weighted by Gasteiger charge is -2.19. The molecule has 0 bridgehead atoms. The molecule has 3 heteroatoms. The fourth-order valence-corrected chi connectivity index (χ4v) is 2.87. The molecular formula is C21H45NO2. The molecule has 0 fully saturated rings. The maximum Gasteiger partial charge on any atom is 0.303 e. The van der Waals surface area contributed by atoms with E-state index in [1.807, 2.05) is 0 Å². The Labute approximate surface area is 152 Å². The molecule has 0 aliphatic rings. The number of aliphatic carboxylic acids is 1. The molecule has 0 aromatic heterocycles. The van der Waals surface area contributed by atoms with Gasteiger partial charge < -0.3 is 10.0 Å². The average molecular weight is 344 g/mol. The van der Waals surface area contributed by atoms with Gasteiger partial charge in [0, 0.05) is 6.42 Å². The van der Waals surface area contributed by atoms with Crippen molar-refractivity contribution in [2.75, 3.05) is 19.6 Å². The van der Waals surface area contributed by atoms with Crippen LogP contribution in [-0.4, -0.2) is 35.6 Å². The van der Waals surface area contributed by atoms with E-state index in [2.05, 4.69) is 32.6 Å². The minimum Gasteiger partial charge on any atom is -0.481 e. The highest BCUT2D eigenvalue weighted by molar-refractivity contribution is 5.66. The molecule has 0 saturated heterocycles. The zero-order chi connectivity index (χ0) is 18.5. The molecule has 0 aromatic rings. The van der Waals surface area contributed by atoms with E-state index < -0.39 is 5.97 Å². The summed E-state index contributed by atoms with van der Waals surface area (Å²) in [6.07, 6.45) is 15.4. The van der Waals surface area contributed by atoms with Crippen molar-refractivity contribution in [1.29, 1.82) is 0 Å². The lowest BCUT2D eigenvalue weighted by atomic mass is 10.1. The SMILES string of the molecule is CCCCCCCCCCCC(=O)O.CCCN(CCC)CCC. The highest BCUT2D eigenvalue weighted by Crippen LogP contribution is 2.10. The number of unbranched alkanes of at least 4 members (excludes halogenated alkanes) is 8. The minimum atomic E-state index is -0.659. The molecule has 0 unspecified atom stereocenters. The molecule has 0 radical (unpaired) electrons. The Morgan fingerprint density at radius 2 is 1.00 bits per heavy atom. The Kier molecular flexibility index (Phi) is 24.0. The fourth-order valence-electron chi connectivity index (χ4n) is 2.87. The molecule has 3 nitrogen and oxygen atoms in total. The van der Waals surface area contributed by atoms with Crippen LogP contribution in [0.5, 0.6) is 0 Å². The Balaban J connectivity index is 0. The Morgan fingerprint density at radius 3 is 1.33 bits per heavy atom. The van der Waals surface area contributed by atoms with E-state index in [4.69, 9.17) is 5.11 Å². The number of hydrogen-bond acceptors (Lipinski definition) is 2. The third-order valence-electron chi connectivity index (χ3n) is 4.11. The monoisotopic (exact) mass is 343 g/mol. The van der Waals surface area contributed by atoms with Crippen molar-refractivity contribution in [3.05, 3.63) is 0 Å². The summed E-state index contributed by atoms with van der Waals surface area (Å²) in [6.45, 7) is 12.8. The van der Waals surface area contributed by atoms with Crippen molar-refractivity contribution < 1.29 is 9.90 Å². The predicted octanol–water partition coefficient (Wildman–Crippen LogP) is 6.51. The third kappa shape index (κ3) is 23.7. The van der Waals surface area contributed by atoms with Crippen LogP contribution in [0.25, 0.3) is 0 Å². The second-order valence-corrected chi connectivity index (χ2v) is 6.81. The summed E-state index contributed by atoms with van der Waals surface area (Å²) in [5, 5.41) is 8.41. The van der Waals surface area contributed by atoms with E-state index in [1.165, 1.54) is 83.8 Å². The molecule has 0 saturated carbocycles. The van der Waals surface area contributed by atoms with Gasteiger partial charge >= 0.3 is 5.97 Å². The first-order valence-electron chi connectivity index (χ1n) is 10.6. The van der Waals surface area contributed by atoms with Crippen LogP contribution in [0.15, 0.2) is 0 Å². The first-order chi connectivity index (χ1) is 11.6. The number of carboxylic acid groups (broad SMARTS) is 1. The van der Waals surface area contributed by atoms with Crippen LogP contribution in [0.1, 0.15) is 111 Å². The number of nitrogens with zero attached hydrogens (tertiary/aromatic N) is 1. The van der Waals surface area contributed by atoms with Gasteiger partial charge in [0.05, 0.1) is 0 Å². The Hall–Kier alpha value is -0.570. The number of carboxylic acids is 1. The van der Waals surface area contributed by atoms with Crippen molar-refractivity contribution in [1.82, 2.24) is 4.90 Å². The van der Waals surface area contributed by atoms with Crippen LogP contribution in [-0.2, 0) is 4.79 Å². The normalized spacial score (nSPS) is 10.5. The summed E-state index contributed by atoms with van der Waals surface area (Å²) in [6, 6.07) is 0. The molecule has 0 atom stereocenters. The van der Waals surface area contributed by atoms with E-state index in [1.54, 1.807) is 0 Å². The van der Waals surface area contributed by atoms with Gasteiger partial charge in [0.15, 0.2) is 0 Å². The van der Waals surface area contributed by atoms with Gasteiger partial charge in [-0.05, 0) is 45.3 Å². The lowest BCUT2D eigenvalue weighted by Crippen LogP contribution is -2.25. The third-order valence-corrected chi connectivity index (χ3v) is 4.11. The second kappa shape index (κ2) is 22.4. The molecule has 0 aliphatic carbocycles. The second-order valence-electron chi connectivity index (χ2n) is 6.81. The van der Waals surface area contributed by atoms with Gasteiger partial charge in [0.25, 0.3) is 0 Å². The van der Waals surface area contributed by atoms with Crippen LogP contribution in [0.2, 0.25) is 0 Å². The minimum absolute atomic E-state index is 0.343. The topological polar surface area (TPSA) is 40.5 Å². The summed E-state index contributed by atoms with van der Waals surface area (Å²) in [7, 11) is 0. The summed E-state index contributed by atoms with van der Waals surface area (Å²) < 4.78 is 0. The number of carbonyl (C=O) groups is 1. The van der Waals surface area contributed by atoms with Crippen LogP contribution >= 0.6 is 0 Å². The maximum atomic E-state index is 10.2. The number of rotatable bonds is 16. The van der Waals surface area contributed by atoms with E-state index in [0.29, 0.717) is 6.42 Å². The predicted molar refractivity (Wildman–Crippen MR) is 107 cm³/mol. The van der Waals surface area contributed by atoms with Crippen molar-refractivity contribution in [2.45, 2.75) is 111 Å². The van der Waals surface area contributed by atoms with Gasteiger partial charge in [-0.2, -0.15) is 0 Å². The molecule has 0 heterocycles. The highest BCUT2D eigenvalue weighted by atomic mass is 16.4. The van der Waals surface area contributed by atoms with Gasteiger partial charge in [-0.1, -0.05) is 79.1 Å². The summed E-state index contributed by atoms with van der Waals surface area (Å²) in [5.41, 5.74) is 0.